The number of aromatic carboxylic acids is 1. The van der Waals surface area contributed by atoms with Crippen molar-refractivity contribution in [2.75, 3.05) is 5.32 Å². The first-order valence-electron chi connectivity index (χ1n) is 5.95. The zero-order valence-electron chi connectivity index (χ0n) is 11.1. The topological polar surface area (TPSA) is 84.2 Å². The zero-order chi connectivity index (χ0) is 15.4. The molecular weight excluding hydrogens is 294 g/mol. The Kier molecular flexibility index (Phi) is 4.39. The molecule has 2 N–H and O–H groups in total. The quantitative estimate of drug-likeness (QED) is 0.850. The molecule has 0 unspecified atom stereocenters. The second kappa shape index (κ2) is 6.23. The minimum atomic E-state index is -1.11. The Labute approximate surface area is 125 Å². The van der Waals surface area contributed by atoms with Gasteiger partial charge in [0.25, 0.3) is 0 Å². The fourth-order valence-electron chi connectivity index (χ4n) is 1.67. The highest BCUT2D eigenvalue weighted by molar-refractivity contribution is 6.31. The summed E-state index contributed by atoms with van der Waals surface area (Å²) in [6.07, 6.45) is 6.31. The van der Waals surface area contributed by atoms with Crippen LogP contribution in [0.1, 0.15) is 15.9 Å². The van der Waals surface area contributed by atoms with E-state index in [1.807, 2.05) is 0 Å². The van der Waals surface area contributed by atoms with Gasteiger partial charge < -0.3 is 10.4 Å². The lowest BCUT2D eigenvalue weighted by Crippen LogP contribution is -2.08. The average Bonchev–Trinajstić information content (AvgIpc) is 2.81. The molecule has 1 heterocycles. The molecule has 108 valence electrons. The molecule has 0 spiro atoms. The molecule has 0 atom stereocenters. The predicted octanol–water partition coefficient (Wildman–Crippen LogP) is 2.42. The summed E-state index contributed by atoms with van der Waals surface area (Å²) in [6.45, 7) is 0. The maximum atomic E-state index is 11.8. The van der Waals surface area contributed by atoms with Gasteiger partial charge in [0.1, 0.15) is 0 Å². The van der Waals surface area contributed by atoms with Gasteiger partial charge in [0.2, 0.25) is 5.91 Å². The van der Waals surface area contributed by atoms with Gasteiger partial charge in [-0.25, -0.2) is 4.79 Å². The van der Waals surface area contributed by atoms with E-state index in [0.29, 0.717) is 5.69 Å². The monoisotopic (exact) mass is 305 g/mol. The van der Waals surface area contributed by atoms with E-state index >= 15 is 0 Å². The van der Waals surface area contributed by atoms with Crippen LogP contribution in [0.5, 0.6) is 0 Å². The normalized spacial score (nSPS) is 10.8. The molecule has 0 bridgehead atoms. The Morgan fingerprint density at radius 1 is 1.38 bits per heavy atom. The summed E-state index contributed by atoms with van der Waals surface area (Å²) in [6, 6.07) is 4.12. The minimum Gasteiger partial charge on any atom is -0.478 e. The molecule has 0 saturated heterocycles. The summed E-state index contributed by atoms with van der Waals surface area (Å²) in [7, 11) is 1.77. The standard InChI is InChI=1S/C14H12ClN3O3/c1-18-8-9(7-16-18)2-3-13(19)17-12-5-10(14(20)21)4-11(15)6-12/h2-8H,1H3,(H,17,19)(H,20,21)/b3-2+. The number of rotatable bonds is 4. The number of halogens is 1. The van der Waals surface area contributed by atoms with Crippen molar-refractivity contribution in [3.8, 4) is 0 Å². The molecule has 0 radical (unpaired) electrons. The first-order chi connectivity index (χ1) is 9.94. The Morgan fingerprint density at radius 3 is 2.76 bits per heavy atom. The van der Waals surface area contributed by atoms with Crippen molar-refractivity contribution in [1.82, 2.24) is 9.78 Å². The minimum absolute atomic E-state index is 0.00837. The van der Waals surface area contributed by atoms with Crippen LogP contribution in [0.4, 0.5) is 5.69 Å². The molecule has 0 aliphatic carbocycles. The van der Waals surface area contributed by atoms with E-state index in [1.54, 1.807) is 30.2 Å². The van der Waals surface area contributed by atoms with Crippen LogP contribution in [0, 0.1) is 0 Å². The van der Waals surface area contributed by atoms with E-state index in [9.17, 15) is 9.59 Å². The van der Waals surface area contributed by atoms with Crippen LogP contribution >= 0.6 is 11.6 Å². The number of anilines is 1. The Bertz CT molecular complexity index is 722. The van der Waals surface area contributed by atoms with Crippen molar-refractivity contribution in [3.05, 3.63) is 52.8 Å². The Hall–Kier alpha value is -2.60. The highest BCUT2D eigenvalue weighted by Gasteiger charge is 2.07. The van der Waals surface area contributed by atoms with Crippen LogP contribution in [0.3, 0.4) is 0 Å². The van der Waals surface area contributed by atoms with E-state index in [2.05, 4.69) is 10.4 Å². The summed E-state index contributed by atoms with van der Waals surface area (Å²) in [4.78, 5) is 22.7. The van der Waals surface area contributed by atoms with Crippen LogP contribution in [-0.4, -0.2) is 26.8 Å². The SMILES string of the molecule is Cn1cc(/C=C/C(=O)Nc2cc(Cl)cc(C(=O)O)c2)cn1. The molecule has 0 aliphatic rings. The Morgan fingerprint density at radius 2 is 2.14 bits per heavy atom. The maximum Gasteiger partial charge on any atom is 0.335 e. The van der Waals surface area contributed by atoms with Crippen molar-refractivity contribution in [2.45, 2.75) is 0 Å². The molecule has 0 saturated carbocycles. The second-order valence-electron chi connectivity index (χ2n) is 4.30. The third-order valence-electron chi connectivity index (χ3n) is 2.56. The van der Waals surface area contributed by atoms with Gasteiger partial charge in [-0.05, 0) is 24.3 Å². The molecule has 1 amide bonds. The van der Waals surface area contributed by atoms with Crippen molar-refractivity contribution in [1.29, 1.82) is 0 Å². The summed E-state index contributed by atoms with van der Waals surface area (Å²) >= 11 is 5.81. The molecule has 21 heavy (non-hydrogen) atoms. The van der Waals surface area contributed by atoms with E-state index in [-0.39, 0.29) is 10.6 Å². The van der Waals surface area contributed by atoms with E-state index in [0.717, 1.165) is 5.56 Å². The number of aromatic nitrogens is 2. The number of carboxylic acids is 1. The lowest BCUT2D eigenvalue weighted by molar-refractivity contribution is -0.111. The third-order valence-corrected chi connectivity index (χ3v) is 2.78. The van der Waals surface area contributed by atoms with Crippen LogP contribution in [0.2, 0.25) is 5.02 Å². The second-order valence-corrected chi connectivity index (χ2v) is 4.74. The Balaban J connectivity index is 2.09. The number of amides is 1. The number of nitrogens with one attached hydrogen (secondary N) is 1. The number of hydrogen-bond donors (Lipinski definition) is 2. The first kappa shape index (κ1) is 14.8. The van der Waals surface area contributed by atoms with Crippen molar-refractivity contribution in [3.63, 3.8) is 0 Å². The summed E-state index contributed by atoms with van der Waals surface area (Å²) in [5.74, 6) is -1.50. The van der Waals surface area contributed by atoms with E-state index in [4.69, 9.17) is 16.7 Å². The van der Waals surface area contributed by atoms with Crippen molar-refractivity contribution < 1.29 is 14.7 Å². The number of carbonyl (C=O) groups excluding carboxylic acids is 1. The molecule has 2 rings (SSSR count). The lowest BCUT2D eigenvalue weighted by Gasteiger charge is -2.04. The van der Waals surface area contributed by atoms with Gasteiger partial charge >= 0.3 is 5.97 Å². The van der Waals surface area contributed by atoms with Crippen molar-refractivity contribution in [2.24, 2.45) is 7.05 Å². The third kappa shape index (κ3) is 4.19. The first-order valence-corrected chi connectivity index (χ1v) is 6.33. The van der Waals surface area contributed by atoms with E-state index in [1.165, 1.54) is 24.3 Å². The number of aryl methyl sites for hydroxylation is 1. The predicted molar refractivity (Wildman–Crippen MR) is 79.3 cm³/mol. The average molecular weight is 306 g/mol. The summed E-state index contributed by atoms with van der Waals surface area (Å²) in [5.41, 5.74) is 1.11. The maximum absolute atomic E-state index is 11.8. The molecule has 1 aromatic carbocycles. The van der Waals surface area contributed by atoms with Gasteiger partial charge in [0, 0.05) is 35.6 Å². The van der Waals surface area contributed by atoms with E-state index < -0.39 is 11.9 Å². The molecule has 6 nitrogen and oxygen atoms in total. The fourth-order valence-corrected chi connectivity index (χ4v) is 1.90. The van der Waals surface area contributed by atoms with Gasteiger partial charge in [-0.15, -0.1) is 0 Å². The number of hydrogen-bond acceptors (Lipinski definition) is 3. The number of carboxylic acid groups (broad SMARTS) is 1. The van der Waals surface area contributed by atoms with Gasteiger partial charge in [0.15, 0.2) is 0 Å². The van der Waals surface area contributed by atoms with Gasteiger partial charge in [-0.1, -0.05) is 11.6 Å². The largest absolute Gasteiger partial charge is 0.478 e. The number of carbonyl (C=O) groups is 2. The molecule has 1 aromatic heterocycles. The fraction of sp³-hybridized carbons (Fsp3) is 0.0714. The molecule has 7 heteroatoms. The number of benzene rings is 1. The highest BCUT2D eigenvalue weighted by atomic mass is 35.5. The zero-order valence-corrected chi connectivity index (χ0v) is 11.8. The summed E-state index contributed by atoms with van der Waals surface area (Å²) < 4.78 is 1.62. The van der Waals surface area contributed by atoms with Gasteiger partial charge in [0.05, 0.1) is 11.8 Å². The highest BCUT2D eigenvalue weighted by Crippen LogP contribution is 2.19. The summed E-state index contributed by atoms with van der Waals surface area (Å²) in [5, 5.41) is 15.7. The van der Waals surface area contributed by atoms with Gasteiger partial charge in [-0.3, -0.25) is 9.48 Å². The van der Waals surface area contributed by atoms with Crippen LogP contribution in [0.15, 0.2) is 36.7 Å². The molecular formula is C14H12ClN3O3. The van der Waals surface area contributed by atoms with Crippen molar-refractivity contribution >= 4 is 35.2 Å². The van der Waals surface area contributed by atoms with Crippen LogP contribution in [0.25, 0.3) is 6.08 Å². The number of nitrogens with zero attached hydrogens (tertiary/aromatic N) is 2. The molecule has 0 aliphatic heterocycles. The lowest BCUT2D eigenvalue weighted by atomic mass is 10.2. The smallest absolute Gasteiger partial charge is 0.335 e. The van der Waals surface area contributed by atoms with Gasteiger partial charge in [-0.2, -0.15) is 5.10 Å². The molecule has 2 aromatic rings. The van der Waals surface area contributed by atoms with Crippen LogP contribution in [-0.2, 0) is 11.8 Å². The molecule has 0 fully saturated rings. The van der Waals surface area contributed by atoms with Crippen LogP contribution < -0.4 is 5.32 Å².